The van der Waals surface area contributed by atoms with Crippen LogP contribution < -0.4 is 4.74 Å². The average molecular weight is 255 g/mol. The zero-order valence-electron chi connectivity index (χ0n) is 10.6. The smallest absolute Gasteiger partial charge is 0.164 e. The van der Waals surface area contributed by atoms with Crippen LogP contribution in [0.15, 0.2) is 12.3 Å². The molecule has 1 atom stereocenters. The second-order valence-electron chi connectivity index (χ2n) is 4.70. The van der Waals surface area contributed by atoms with Crippen LogP contribution in [0, 0.1) is 0 Å². The molecule has 1 aromatic heterocycles. The molecule has 0 N–H and O–H groups in total. The van der Waals surface area contributed by atoms with Crippen molar-refractivity contribution in [3.05, 3.63) is 18.0 Å². The summed E-state index contributed by atoms with van der Waals surface area (Å²) in [6, 6.07) is 0.325. The molecular weight excluding hydrogens is 236 g/mol. The molecule has 0 aromatic carbocycles. The molecule has 1 aliphatic carbocycles. The first-order chi connectivity index (χ1) is 8.13. The molecule has 0 spiro atoms. The van der Waals surface area contributed by atoms with Crippen molar-refractivity contribution in [3.63, 3.8) is 0 Å². The van der Waals surface area contributed by atoms with Crippen molar-refractivity contribution in [2.24, 2.45) is 0 Å². The summed E-state index contributed by atoms with van der Waals surface area (Å²) in [6.07, 6.45) is 7.17. The van der Waals surface area contributed by atoms with Gasteiger partial charge in [-0.3, -0.25) is 4.68 Å². The molecule has 0 amide bonds. The lowest BCUT2D eigenvalue weighted by molar-refractivity contribution is 0.410. The van der Waals surface area contributed by atoms with E-state index in [1.54, 1.807) is 13.3 Å². The topological polar surface area (TPSA) is 27.1 Å². The third kappa shape index (κ3) is 2.49. The van der Waals surface area contributed by atoms with E-state index in [0.717, 1.165) is 30.7 Å². The average Bonchev–Trinajstić information content (AvgIpc) is 2.72. The first kappa shape index (κ1) is 12.5. The summed E-state index contributed by atoms with van der Waals surface area (Å²) in [5.41, 5.74) is 2.35. The molecule has 2 rings (SSSR count). The Morgan fingerprint density at radius 3 is 2.88 bits per heavy atom. The Bertz CT molecular complexity index is 423. The van der Waals surface area contributed by atoms with Crippen LogP contribution in [0.25, 0.3) is 5.57 Å². The molecular formula is C13H19ClN2O. The van der Waals surface area contributed by atoms with Crippen LogP contribution in [0.5, 0.6) is 5.75 Å². The zero-order valence-corrected chi connectivity index (χ0v) is 11.4. The Labute approximate surface area is 107 Å². The molecule has 1 heterocycles. The van der Waals surface area contributed by atoms with Crippen molar-refractivity contribution in [2.45, 2.75) is 44.5 Å². The quantitative estimate of drug-likeness (QED) is 0.770. The van der Waals surface area contributed by atoms with Crippen molar-refractivity contribution < 1.29 is 4.74 Å². The molecule has 1 aliphatic rings. The van der Waals surface area contributed by atoms with Gasteiger partial charge < -0.3 is 4.74 Å². The van der Waals surface area contributed by atoms with Gasteiger partial charge in [-0.1, -0.05) is 6.08 Å². The predicted molar refractivity (Wildman–Crippen MR) is 70.6 cm³/mol. The van der Waals surface area contributed by atoms with Crippen molar-refractivity contribution in [3.8, 4) is 5.75 Å². The molecule has 17 heavy (non-hydrogen) atoms. The largest absolute Gasteiger partial charge is 0.493 e. The van der Waals surface area contributed by atoms with Crippen LogP contribution in [-0.2, 0) is 0 Å². The molecule has 3 nitrogen and oxygen atoms in total. The Hall–Kier alpha value is -0.960. The summed E-state index contributed by atoms with van der Waals surface area (Å²) in [6.45, 7) is 4.25. The van der Waals surface area contributed by atoms with E-state index in [-0.39, 0.29) is 5.38 Å². The SMILES string of the molecule is COc1cnn(C(C)C)c1C1=CC(Cl)CCC1. The zero-order chi connectivity index (χ0) is 12.4. The number of rotatable bonds is 3. The Morgan fingerprint density at radius 1 is 1.53 bits per heavy atom. The van der Waals surface area contributed by atoms with Gasteiger partial charge in [-0.15, -0.1) is 11.6 Å². The van der Waals surface area contributed by atoms with Gasteiger partial charge in [0.25, 0.3) is 0 Å². The fourth-order valence-electron chi connectivity index (χ4n) is 2.26. The lowest BCUT2D eigenvalue weighted by Gasteiger charge is -2.20. The van der Waals surface area contributed by atoms with Gasteiger partial charge in [-0.25, -0.2) is 0 Å². The van der Waals surface area contributed by atoms with Crippen LogP contribution >= 0.6 is 11.6 Å². The van der Waals surface area contributed by atoms with E-state index in [1.807, 2.05) is 4.68 Å². The van der Waals surface area contributed by atoms with Gasteiger partial charge in [0.2, 0.25) is 0 Å². The fourth-order valence-corrected chi connectivity index (χ4v) is 2.57. The maximum Gasteiger partial charge on any atom is 0.164 e. The molecule has 4 heteroatoms. The number of hydrogen-bond acceptors (Lipinski definition) is 2. The highest BCUT2D eigenvalue weighted by Gasteiger charge is 2.21. The van der Waals surface area contributed by atoms with Gasteiger partial charge >= 0.3 is 0 Å². The predicted octanol–water partition coefficient (Wildman–Crippen LogP) is 3.65. The maximum absolute atomic E-state index is 6.21. The van der Waals surface area contributed by atoms with Crippen LogP contribution in [-0.4, -0.2) is 22.3 Å². The monoisotopic (exact) mass is 254 g/mol. The number of alkyl halides is 1. The second kappa shape index (κ2) is 5.13. The Balaban J connectivity index is 2.45. The summed E-state index contributed by atoms with van der Waals surface area (Å²) < 4.78 is 7.41. The summed E-state index contributed by atoms with van der Waals surface area (Å²) in [5.74, 6) is 0.843. The van der Waals surface area contributed by atoms with E-state index in [1.165, 1.54) is 5.57 Å². The third-order valence-corrected chi connectivity index (χ3v) is 3.43. The lowest BCUT2D eigenvalue weighted by Crippen LogP contribution is -2.11. The summed E-state index contributed by atoms with van der Waals surface area (Å²) in [7, 11) is 1.69. The number of methoxy groups -OCH3 is 1. The number of allylic oxidation sites excluding steroid dienone is 2. The van der Waals surface area contributed by atoms with Crippen LogP contribution in [0.1, 0.15) is 44.8 Å². The van der Waals surface area contributed by atoms with E-state index in [2.05, 4.69) is 25.0 Å². The number of aromatic nitrogens is 2. The van der Waals surface area contributed by atoms with Gasteiger partial charge in [0, 0.05) is 6.04 Å². The number of halogens is 1. The Morgan fingerprint density at radius 2 is 2.29 bits per heavy atom. The summed E-state index contributed by atoms with van der Waals surface area (Å²) in [4.78, 5) is 0. The second-order valence-corrected chi connectivity index (χ2v) is 5.26. The fraction of sp³-hybridized carbons (Fsp3) is 0.615. The molecule has 0 bridgehead atoms. The van der Waals surface area contributed by atoms with Crippen LogP contribution in [0.4, 0.5) is 0 Å². The minimum Gasteiger partial charge on any atom is -0.493 e. The number of hydrogen-bond donors (Lipinski definition) is 0. The van der Waals surface area contributed by atoms with Gasteiger partial charge in [0.15, 0.2) is 5.75 Å². The minimum absolute atomic E-state index is 0.138. The lowest BCUT2D eigenvalue weighted by atomic mass is 9.96. The molecule has 94 valence electrons. The molecule has 1 unspecified atom stereocenters. The molecule has 0 fully saturated rings. The van der Waals surface area contributed by atoms with Gasteiger partial charge in [-0.05, 0) is 38.7 Å². The van der Waals surface area contributed by atoms with Crippen molar-refractivity contribution in [2.75, 3.05) is 7.11 Å². The number of nitrogens with zero attached hydrogens (tertiary/aromatic N) is 2. The van der Waals surface area contributed by atoms with E-state index >= 15 is 0 Å². The maximum atomic E-state index is 6.21. The Kier molecular flexibility index (Phi) is 3.77. The summed E-state index contributed by atoms with van der Waals surface area (Å²) >= 11 is 6.21. The van der Waals surface area contributed by atoms with Gasteiger partial charge in [0.1, 0.15) is 5.69 Å². The van der Waals surface area contributed by atoms with Crippen molar-refractivity contribution >= 4 is 17.2 Å². The van der Waals surface area contributed by atoms with Crippen molar-refractivity contribution in [1.29, 1.82) is 0 Å². The molecule has 0 aliphatic heterocycles. The van der Waals surface area contributed by atoms with Gasteiger partial charge in [-0.2, -0.15) is 5.10 Å². The van der Waals surface area contributed by atoms with Crippen LogP contribution in [0.3, 0.4) is 0 Å². The van der Waals surface area contributed by atoms with Crippen molar-refractivity contribution in [1.82, 2.24) is 9.78 Å². The third-order valence-electron chi connectivity index (χ3n) is 3.08. The minimum atomic E-state index is 0.138. The normalized spacial score (nSPS) is 20.5. The summed E-state index contributed by atoms with van der Waals surface area (Å²) in [5, 5.41) is 4.53. The first-order valence-electron chi connectivity index (χ1n) is 6.10. The highest BCUT2D eigenvalue weighted by molar-refractivity contribution is 6.22. The first-order valence-corrected chi connectivity index (χ1v) is 6.53. The molecule has 0 saturated heterocycles. The van der Waals surface area contributed by atoms with E-state index in [9.17, 15) is 0 Å². The van der Waals surface area contributed by atoms with E-state index < -0.39 is 0 Å². The molecule has 0 saturated carbocycles. The highest BCUT2D eigenvalue weighted by atomic mass is 35.5. The van der Waals surface area contributed by atoms with Crippen LogP contribution in [0.2, 0.25) is 0 Å². The van der Waals surface area contributed by atoms with E-state index in [4.69, 9.17) is 16.3 Å². The number of ether oxygens (including phenoxy) is 1. The highest BCUT2D eigenvalue weighted by Crippen LogP contribution is 2.35. The van der Waals surface area contributed by atoms with E-state index in [0.29, 0.717) is 6.04 Å². The van der Waals surface area contributed by atoms with Gasteiger partial charge in [0.05, 0.1) is 18.7 Å². The molecule has 0 radical (unpaired) electrons. The molecule has 1 aromatic rings. The standard InChI is InChI=1S/C13H19ClN2O/c1-9(2)16-13(12(17-3)8-15-16)10-5-4-6-11(14)7-10/h7-9,11H,4-6H2,1-3H3.